The molecule has 1 heterocycles. The smallest absolute Gasteiger partial charge is 0.246 e. The first-order valence-corrected chi connectivity index (χ1v) is 13.0. The van der Waals surface area contributed by atoms with Gasteiger partial charge >= 0.3 is 0 Å². The summed E-state index contributed by atoms with van der Waals surface area (Å²) in [5, 5.41) is 4.28. The summed E-state index contributed by atoms with van der Waals surface area (Å²) in [6, 6.07) is 16.8. The van der Waals surface area contributed by atoms with E-state index in [1.54, 1.807) is 36.6 Å². The molecule has 0 spiro atoms. The third-order valence-corrected chi connectivity index (χ3v) is 7.39. The first-order valence-electron chi connectivity index (χ1n) is 11.5. The zero-order valence-corrected chi connectivity index (χ0v) is 22.9. The Labute approximate surface area is 229 Å². The SMILES string of the molecule is Cc1ccc(C=CC(=O)NCC(=O)N(C)c2ccc(Cl)c(COc3cccc4sc(C)nc34)c2Cl)cc1. The van der Waals surface area contributed by atoms with Crippen LogP contribution in [0.3, 0.4) is 0 Å². The van der Waals surface area contributed by atoms with Crippen molar-refractivity contribution in [3.8, 4) is 5.75 Å². The van der Waals surface area contributed by atoms with Gasteiger partial charge in [-0.3, -0.25) is 9.59 Å². The van der Waals surface area contributed by atoms with E-state index >= 15 is 0 Å². The van der Waals surface area contributed by atoms with Crippen molar-refractivity contribution in [2.75, 3.05) is 18.5 Å². The lowest BCUT2D eigenvalue weighted by Gasteiger charge is -2.21. The molecule has 0 aliphatic carbocycles. The molecule has 0 aliphatic rings. The molecule has 0 radical (unpaired) electrons. The Balaban J connectivity index is 1.41. The molecular weight excluding hydrogens is 529 g/mol. The number of likely N-dealkylation sites (N-methyl/N-ethyl adjacent to an activating group) is 1. The van der Waals surface area contributed by atoms with Gasteiger partial charge in [0.15, 0.2) is 0 Å². The number of aromatic nitrogens is 1. The van der Waals surface area contributed by atoms with Crippen LogP contribution in [0.5, 0.6) is 5.75 Å². The van der Waals surface area contributed by atoms with Gasteiger partial charge in [-0.25, -0.2) is 4.98 Å². The fourth-order valence-corrected chi connectivity index (χ4v) is 5.05. The van der Waals surface area contributed by atoms with Crippen molar-refractivity contribution in [2.45, 2.75) is 20.5 Å². The molecule has 0 unspecified atom stereocenters. The van der Waals surface area contributed by atoms with Crippen LogP contribution in [0.15, 0.2) is 60.7 Å². The molecule has 1 aromatic heterocycles. The van der Waals surface area contributed by atoms with Crippen LogP contribution in [-0.2, 0) is 16.2 Å². The summed E-state index contributed by atoms with van der Waals surface area (Å²) in [6.45, 7) is 3.85. The van der Waals surface area contributed by atoms with Crippen molar-refractivity contribution in [3.63, 3.8) is 0 Å². The molecule has 6 nitrogen and oxygen atoms in total. The second-order valence-corrected chi connectivity index (χ2v) is 10.4. The number of carbonyl (C=O) groups excluding carboxylic acids is 2. The third-order valence-electron chi connectivity index (χ3n) is 5.68. The zero-order chi connectivity index (χ0) is 26.5. The molecule has 0 saturated heterocycles. The predicted molar refractivity (Wildman–Crippen MR) is 152 cm³/mol. The predicted octanol–water partition coefficient (Wildman–Crippen LogP) is 6.59. The maximum Gasteiger partial charge on any atom is 0.246 e. The van der Waals surface area contributed by atoms with Gasteiger partial charge in [-0.15, -0.1) is 11.3 Å². The van der Waals surface area contributed by atoms with E-state index in [1.807, 2.05) is 56.3 Å². The summed E-state index contributed by atoms with van der Waals surface area (Å²) >= 11 is 14.7. The van der Waals surface area contributed by atoms with E-state index in [4.69, 9.17) is 27.9 Å². The Bertz CT molecular complexity index is 1480. The number of halogens is 2. The van der Waals surface area contributed by atoms with E-state index in [-0.39, 0.29) is 25.0 Å². The van der Waals surface area contributed by atoms with Gasteiger partial charge in [-0.2, -0.15) is 0 Å². The summed E-state index contributed by atoms with van der Waals surface area (Å²) in [5.41, 5.74) is 3.83. The van der Waals surface area contributed by atoms with Crippen LogP contribution in [-0.4, -0.2) is 30.4 Å². The number of aryl methyl sites for hydroxylation is 2. The molecule has 4 aromatic rings. The van der Waals surface area contributed by atoms with Crippen molar-refractivity contribution < 1.29 is 14.3 Å². The van der Waals surface area contributed by atoms with E-state index < -0.39 is 0 Å². The third kappa shape index (κ3) is 6.49. The fraction of sp³-hybridized carbons (Fsp3) is 0.179. The number of ether oxygens (including phenoxy) is 1. The topological polar surface area (TPSA) is 71.5 Å². The number of rotatable bonds is 8. The van der Waals surface area contributed by atoms with Gasteiger partial charge in [0.2, 0.25) is 11.8 Å². The van der Waals surface area contributed by atoms with Crippen LogP contribution < -0.4 is 15.0 Å². The highest BCUT2D eigenvalue weighted by molar-refractivity contribution is 7.18. The van der Waals surface area contributed by atoms with Crippen molar-refractivity contribution >= 4 is 68.3 Å². The first kappa shape index (κ1) is 26.7. The largest absolute Gasteiger partial charge is 0.486 e. The van der Waals surface area contributed by atoms with E-state index in [0.29, 0.717) is 27.0 Å². The maximum atomic E-state index is 12.8. The van der Waals surface area contributed by atoms with Gasteiger partial charge in [0.25, 0.3) is 0 Å². The molecule has 0 atom stereocenters. The number of anilines is 1. The molecule has 190 valence electrons. The number of nitrogens with one attached hydrogen (secondary N) is 1. The van der Waals surface area contributed by atoms with E-state index in [2.05, 4.69) is 10.3 Å². The molecule has 4 rings (SSSR count). The summed E-state index contributed by atoms with van der Waals surface area (Å²) in [6.07, 6.45) is 3.09. The Morgan fingerprint density at radius 1 is 1.08 bits per heavy atom. The molecule has 2 amide bonds. The van der Waals surface area contributed by atoms with Gasteiger partial charge in [0, 0.05) is 23.7 Å². The quantitative estimate of drug-likeness (QED) is 0.250. The highest BCUT2D eigenvalue weighted by atomic mass is 35.5. The van der Waals surface area contributed by atoms with E-state index in [0.717, 1.165) is 26.4 Å². The van der Waals surface area contributed by atoms with E-state index in [1.165, 1.54) is 11.0 Å². The van der Waals surface area contributed by atoms with Gasteiger partial charge in [-0.05, 0) is 49.8 Å². The first-order chi connectivity index (χ1) is 17.7. The Kier molecular flexibility index (Phi) is 8.48. The number of nitrogens with zero attached hydrogens (tertiary/aromatic N) is 2. The summed E-state index contributed by atoms with van der Waals surface area (Å²) in [5.74, 6) is -0.0776. The molecule has 0 bridgehead atoms. The average Bonchev–Trinajstić information content (AvgIpc) is 3.27. The van der Waals surface area contributed by atoms with Crippen molar-refractivity contribution in [3.05, 3.63) is 92.4 Å². The normalized spacial score (nSPS) is 11.2. The Morgan fingerprint density at radius 2 is 1.84 bits per heavy atom. The maximum absolute atomic E-state index is 12.8. The highest BCUT2D eigenvalue weighted by Gasteiger charge is 2.19. The van der Waals surface area contributed by atoms with Crippen molar-refractivity contribution in [2.24, 2.45) is 0 Å². The molecule has 1 N–H and O–H groups in total. The summed E-state index contributed by atoms with van der Waals surface area (Å²) in [7, 11) is 1.59. The van der Waals surface area contributed by atoms with Crippen LogP contribution in [0.2, 0.25) is 10.0 Å². The van der Waals surface area contributed by atoms with Crippen LogP contribution >= 0.6 is 34.5 Å². The lowest BCUT2D eigenvalue weighted by molar-refractivity contribution is -0.122. The van der Waals surface area contributed by atoms with Gasteiger partial charge in [-0.1, -0.05) is 59.1 Å². The second kappa shape index (κ2) is 11.8. The molecule has 0 saturated carbocycles. The lowest BCUT2D eigenvalue weighted by Crippen LogP contribution is -2.37. The van der Waals surface area contributed by atoms with Crippen LogP contribution in [0.25, 0.3) is 16.3 Å². The van der Waals surface area contributed by atoms with Gasteiger partial charge in [0.1, 0.15) is 17.9 Å². The number of thiazole rings is 1. The number of benzene rings is 3. The number of hydrogen-bond acceptors (Lipinski definition) is 5. The molecule has 0 aliphatic heterocycles. The molecular formula is C28H25Cl2N3O3S. The van der Waals surface area contributed by atoms with E-state index in [9.17, 15) is 9.59 Å². The molecule has 37 heavy (non-hydrogen) atoms. The second-order valence-electron chi connectivity index (χ2n) is 8.40. The molecule has 9 heteroatoms. The highest BCUT2D eigenvalue weighted by Crippen LogP contribution is 2.36. The summed E-state index contributed by atoms with van der Waals surface area (Å²) in [4.78, 5) is 30.9. The number of amides is 2. The van der Waals surface area contributed by atoms with Crippen LogP contribution in [0.4, 0.5) is 5.69 Å². The minimum Gasteiger partial charge on any atom is -0.486 e. The van der Waals surface area contributed by atoms with Crippen molar-refractivity contribution in [1.82, 2.24) is 10.3 Å². The number of hydrogen-bond donors (Lipinski definition) is 1. The average molecular weight is 554 g/mol. The van der Waals surface area contributed by atoms with Crippen LogP contribution in [0.1, 0.15) is 21.7 Å². The monoisotopic (exact) mass is 553 g/mol. The summed E-state index contributed by atoms with van der Waals surface area (Å²) < 4.78 is 7.06. The Morgan fingerprint density at radius 3 is 2.59 bits per heavy atom. The zero-order valence-electron chi connectivity index (χ0n) is 20.5. The van der Waals surface area contributed by atoms with Gasteiger partial charge < -0.3 is 15.0 Å². The lowest BCUT2D eigenvalue weighted by atomic mass is 10.1. The van der Waals surface area contributed by atoms with Crippen molar-refractivity contribution in [1.29, 1.82) is 0 Å². The number of fused-ring (bicyclic) bond motifs is 1. The number of para-hydroxylation sites is 1. The fourth-order valence-electron chi connectivity index (χ4n) is 3.60. The standard InChI is InChI=1S/C28H25Cl2N3O3S/c1-17-7-9-19(10-8-17)11-14-25(34)31-15-26(35)33(3)22-13-12-21(29)20(27(22)30)16-36-23-5-4-6-24-28(23)32-18(2)37-24/h4-14H,15-16H2,1-3H3,(H,31,34). The van der Waals surface area contributed by atoms with Gasteiger partial charge in [0.05, 0.1) is 27.0 Å². The molecule has 0 fully saturated rings. The number of carbonyl (C=O) groups is 2. The van der Waals surface area contributed by atoms with Crippen LogP contribution in [0, 0.1) is 13.8 Å². The Hall–Kier alpha value is -3.39. The minimum absolute atomic E-state index is 0.101. The minimum atomic E-state index is -0.370. The molecule has 3 aromatic carbocycles.